The highest BCUT2D eigenvalue weighted by atomic mass is 32.1. The van der Waals surface area contributed by atoms with Gasteiger partial charge in [-0.05, 0) is 59.0 Å². The number of anilines is 3. The maximum Gasteiger partial charge on any atom is 0.264 e. The average Bonchev–Trinajstić information content (AvgIpc) is 4.09. The number of thiazole rings is 1. The van der Waals surface area contributed by atoms with Crippen LogP contribution in [0.15, 0.2) is 103 Å². The van der Waals surface area contributed by atoms with Crippen molar-refractivity contribution in [3.05, 3.63) is 130 Å². The zero-order chi connectivity index (χ0) is 49.1. The quantitative estimate of drug-likeness (QED) is 0.0593. The van der Waals surface area contributed by atoms with E-state index in [1.165, 1.54) is 11.3 Å². The van der Waals surface area contributed by atoms with Crippen LogP contribution < -0.4 is 20.9 Å². The van der Waals surface area contributed by atoms with Crippen LogP contribution in [0.1, 0.15) is 61.1 Å². The molecule has 4 aliphatic heterocycles. The molecule has 0 spiro atoms. The number of hydrogen-bond acceptors (Lipinski definition) is 15. The van der Waals surface area contributed by atoms with Gasteiger partial charge in [0.1, 0.15) is 12.1 Å². The van der Waals surface area contributed by atoms with Gasteiger partial charge in [-0.1, -0.05) is 60.7 Å². The number of piperidine rings is 1. The predicted molar refractivity (Wildman–Crippen MR) is 265 cm³/mol. The molecule has 9 rings (SSSR count). The summed E-state index contributed by atoms with van der Waals surface area (Å²) in [5.74, 6) is -2.65. The van der Waals surface area contributed by atoms with Crippen LogP contribution in [0.25, 0.3) is 11.1 Å². The third-order valence-corrected chi connectivity index (χ3v) is 13.6. The molecule has 0 saturated carbocycles. The molecule has 18 nitrogen and oxygen atoms in total. The van der Waals surface area contributed by atoms with Crippen molar-refractivity contribution >= 4 is 63.3 Å². The SMILES string of the molecule is O=C1CCC(N2C(=O)c3cccc(NCCOCCOCCOCCOCCN4CCN(c5ccc(-c6ccc7c(c6)C(=O)N(C(C(=O)Nc6nccs6)c6ccccc6)C7)cc5)CC4)c3C2=O)C(=O)N1. The lowest BCUT2D eigenvalue weighted by Crippen LogP contribution is -2.54. The van der Waals surface area contributed by atoms with Crippen LogP contribution in [0.4, 0.5) is 16.5 Å². The van der Waals surface area contributed by atoms with Crippen molar-refractivity contribution in [2.24, 2.45) is 0 Å². The molecule has 2 unspecified atom stereocenters. The zero-order valence-corrected chi connectivity index (χ0v) is 40.0. The minimum absolute atomic E-state index is 0.0617. The molecule has 1 aromatic heterocycles. The van der Waals surface area contributed by atoms with Gasteiger partial charge in [-0.15, -0.1) is 11.3 Å². The Kier molecular flexibility index (Phi) is 16.2. The molecule has 2 fully saturated rings. The lowest BCUT2D eigenvalue weighted by atomic mass is 10.00. The molecule has 0 bridgehead atoms. The molecule has 19 heteroatoms. The van der Waals surface area contributed by atoms with Crippen LogP contribution in [0.2, 0.25) is 0 Å². The van der Waals surface area contributed by atoms with E-state index in [-0.39, 0.29) is 35.8 Å². The highest BCUT2D eigenvalue weighted by Gasteiger charge is 2.45. The number of ether oxygens (including phenoxy) is 4. The Labute approximate surface area is 415 Å². The fraction of sp³-hybridized carbons (Fsp3) is 0.365. The van der Waals surface area contributed by atoms with E-state index in [0.29, 0.717) is 82.3 Å². The van der Waals surface area contributed by atoms with Gasteiger partial charge in [0.05, 0.1) is 64.0 Å². The topological polar surface area (TPSA) is 201 Å². The van der Waals surface area contributed by atoms with E-state index in [0.717, 1.165) is 65.6 Å². The first-order chi connectivity index (χ1) is 34.7. The standard InChI is InChI=1S/C52H56N8O10S/c61-44-16-15-43(47(62)55-44)60-50(65)40-7-4-8-42(45(40)51(60)66)53-17-24-67-26-28-69-30-31-70-29-27-68-25-23-57-19-21-58(22-20-57)39-13-11-35(12-14-39)37-9-10-38-34-59(49(64)41(38)33-37)46(36-5-2-1-3-6-36)48(63)56-52-54-18-32-71-52/h1-14,18,32-33,43,46,53H,15-17,19-31,34H2,(H,54,56,63)(H,55,61,62). The van der Waals surface area contributed by atoms with Crippen molar-refractivity contribution in [1.82, 2.24) is 25.0 Å². The minimum Gasteiger partial charge on any atom is -0.382 e. The number of nitrogens with zero attached hydrogens (tertiary/aromatic N) is 5. The Morgan fingerprint density at radius 1 is 0.732 bits per heavy atom. The maximum atomic E-state index is 14.0. The third kappa shape index (κ3) is 11.7. The Morgan fingerprint density at radius 3 is 2.14 bits per heavy atom. The summed E-state index contributed by atoms with van der Waals surface area (Å²) in [7, 11) is 0. The number of imide groups is 2. The minimum atomic E-state index is -1.02. The molecule has 2 atom stereocenters. The normalized spacial score (nSPS) is 17.4. The van der Waals surface area contributed by atoms with Gasteiger partial charge < -0.3 is 34.1 Å². The smallest absolute Gasteiger partial charge is 0.264 e. The van der Waals surface area contributed by atoms with E-state index in [1.54, 1.807) is 34.7 Å². The van der Waals surface area contributed by atoms with E-state index in [4.69, 9.17) is 18.9 Å². The third-order valence-electron chi connectivity index (χ3n) is 12.9. The zero-order valence-electron chi connectivity index (χ0n) is 39.2. The Balaban J connectivity index is 0.612. The summed E-state index contributed by atoms with van der Waals surface area (Å²) in [6.45, 7) is 8.78. The second-order valence-electron chi connectivity index (χ2n) is 17.4. The average molecular weight is 985 g/mol. The molecule has 4 aliphatic rings. The molecule has 370 valence electrons. The van der Waals surface area contributed by atoms with Gasteiger partial charge in [0.15, 0.2) is 5.13 Å². The van der Waals surface area contributed by atoms with Crippen LogP contribution in [-0.2, 0) is 39.9 Å². The second-order valence-corrected chi connectivity index (χ2v) is 18.3. The number of aromatic nitrogens is 1. The molecule has 5 heterocycles. The summed E-state index contributed by atoms with van der Waals surface area (Å²) in [6, 6.07) is 26.9. The first-order valence-corrected chi connectivity index (χ1v) is 24.8. The van der Waals surface area contributed by atoms with Crippen molar-refractivity contribution in [3.63, 3.8) is 0 Å². The molecule has 6 amide bonds. The highest BCUT2D eigenvalue weighted by Crippen LogP contribution is 2.36. The molecule has 0 aliphatic carbocycles. The molecule has 71 heavy (non-hydrogen) atoms. The van der Waals surface area contributed by atoms with Crippen LogP contribution in [0.5, 0.6) is 0 Å². The monoisotopic (exact) mass is 984 g/mol. The Morgan fingerprint density at radius 2 is 1.44 bits per heavy atom. The number of fused-ring (bicyclic) bond motifs is 2. The number of carbonyl (C=O) groups excluding carboxylic acids is 6. The van der Waals surface area contributed by atoms with E-state index in [9.17, 15) is 28.8 Å². The largest absolute Gasteiger partial charge is 0.382 e. The van der Waals surface area contributed by atoms with Crippen molar-refractivity contribution < 1.29 is 47.7 Å². The highest BCUT2D eigenvalue weighted by molar-refractivity contribution is 7.13. The molecule has 4 aromatic carbocycles. The van der Waals surface area contributed by atoms with Gasteiger partial charge in [-0.3, -0.25) is 49.2 Å². The summed E-state index contributed by atoms with van der Waals surface area (Å²) < 4.78 is 22.8. The number of piperazine rings is 1. The van der Waals surface area contributed by atoms with Gasteiger partial charge in [-0.2, -0.15) is 0 Å². The molecule has 5 aromatic rings. The fourth-order valence-electron chi connectivity index (χ4n) is 9.25. The van der Waals surface area contributed by atoms with E-state index >= 15 is 0 Å². The second kappa shape index (κ2) is 23.4. The first kappa shape index (κ1) is 49.1. The fourth-order valence-corrected chi connectivity index (χ4v) is 9.78. The van der Waals surface area contributed by atoms with Crippen molar-refractivity contribution in [1.29, 1.82) is 0 Å². The number of benzene rings is 4. The van der Waals surface area contributed by atoms with Gasteiger partial charge in [0, 0.05) is 80.7 Å². The summed E-state index contributed by atoms with van der Waals surface area (Å²) in [5.41, 5.74) is 6.26. The number of amides is 6. The van der Waals surface area contributed by atoms with Crippen LogP contribution >= 0.6 is 11.3 Å². The molecule has 0 radical (unpaired) electrons. The summed E-state index contributed by atoms with van der Waals surface area (Å²) >= 11 is 1.33. The summed E-state index contributed by atoms with van der Waals surface area (Å²) in [6.07, 6.45) is 1.80. The van der Waals surface area contributed by atoms with Crippen LogP contribution in [0, 0.1) is 0 Å². The van der Waals surface area contributed by atoms with Crippen LogP contribution in [-0.4, -0.2) is 153 Å². The number of nitrogens with one attached hydrogen (secondary N) is 3. The lowest BCUT2D eigenvalue weighted by Gasteiger charge is -2.36. The summed E-state index contributed by atoms with van der Waals surface area (Å²) in [4.78, 5) is 89.4. The predicted octanol–water partition coefficient (Wildman–Crippen LogP) is 4.85. The molecular formula is C52H56N8O10S. The lowest BCUT2D eigenvalue weighted by molar-refractivity contribution is -0.136. The molecular weight excluding hydrogens is 929 g/mol. The van der Waals surface area contributed by atoms with Crippen molar-refractivity contribution in [2.45, 2.75) is 31.5 Å². The first-order valence-electron chi connectivity index (χ1n) is 23.9. The molecule has 3 N–H and O–H groups in total. The number of hydrogen-bond donors (Lipinski definition) is 3. The number of rotatable bonds is 23. The van der Waals surface area contributed by atoms with Crippen LogP contribution in [0.3, 0.4) is 0 Å². The Bertz CT molecular complexity index is 2700. The van der Waals surface area contributed by atoms with Crippen molar-refractivity contribution in [3.8, 4) is 11.1 Å². The van der Waals surface area contributed by atoms with Gasteiger partial charge in [-0.25, -0.2) is 4.98 Å². The van der Waals surface area contributed by atoms with Gasteiger partial charge in [0.2, 0.25) is 11.8 Å². The summed E-state index contributed by atoms with van der Waals surface area (Å²) in [5, 5.41) is 10.5. The molecule has 2 saturated heterocycles. The van der Waals surface area contributed by atoms with Gasteiger partial charge in [0.25, 0.3) is 23.6 Å². The van der Waals surface area contributed by atoms with Crippen molar-refractivity contribution in [2.75, 3.05) is 108 Å². The van der Waals surface area contributed by atoms with E-state index in [1.807, 2.05) is 48.5 Å². The maximum absolute atomic E-state index is 14.0. The number of carbonyl (C=O) groups is 6. The van der Waals surface area contributed by atoms with E-state index in [2.05, 4.69) is 55.0 Å². The van der Waals surface area contributed by atoms with E-state index < -0.39 is 35.7 Å². The Hall–Kier alpha value is -6.87. The van der Waals surface area contributed by atoms with Gasteiger partial charge >= 0.3 is 0 Å².